The predicted molar refractivity (Wildman–Crippen MR) is 112 cm³/mol. The van der Waals surface area contributed by atoms with E-state index in [2.05, 4.69) is 9.97 Å². The van der Waals surface area contributed by atoms with Crippen LogP contribution in [-0.2, 0) is 13.1 Å². The zero-order valence-corrected chi connectivity index (χ0v) is 17.5. The molecule has 2 aromatic heterocycles. The molecule has 0 spiro atoms. The fraction of sp³-hybridized carbons (Fsp3) is 0.250. The molecule has 0 saturated heterocycles. The van der Waals surface area contributed by atoms with Crippen LogP contribution in [0, 0.1) is 0 Å². The molecule has 0 aliphatic heterocycles. The van der Waals surface area contributed by atoms with E-state index in [0.29, 0.717) is 24.0 Å². The van der Waals surface area contributed by atoms with Crippen molar-refractivity contribution in [1.29, 1.82) is 0 Å². The largest absolute Gasteiger partial charge is 0.467 e. The number of carbonyl (C=O) groups excluding carboxylic acids is 1. The van der Waals surface area contributed by atoms with E-state index in [1.165, 1.54) is 18.0 Å². The van der Waals surface area contributed by atoms with Crippen LogP contribution in [0.4, 0.5) is 5.69 Å². The van der Waals surface area contributed by atoms with Gasteiger partial charge in [-0.1, -0.05) is 35.5 Å². The Morgan fingerprint density at radius 3 is 2.54 bits per heavy atom. The van der Waals surface area contributed by atoms with E-state index < -0.39 is 0 Å². The number of hydrogen-bond donors (Lipinski definition) is 0. The second kappa shape index (κ2) is 9.12. The van der Waals surface area contributed by atoms with Crippen LogP contribution < -0.4 is 4.90 Å². The quantitative estimate of drug-likeness (QED) is 0.421. The van der Waals surface area contributed by atoms with Gasteiger partial charge in [-0.15, -0.1) is 0 Å². The second-order valence-corrected chi connectivity index (χ2v) is 7.54. The van der Waals surface area contributed by atoms with Crippen molar-refractivity contribution in [3.8, 4) is 0 Å². The second-order valence-electron chi connectivity index (χ2n) is 6.35. The Bertz CT molecular complexity index is 930. The van der Waals surface area contributed by atoms with Gasteiger partial charge in [0.05, 0.1) is 24.0 Å². The van der Waals surface area contributed by atoms with Gasteiger partial charge in [0.2, 0.25) is 0 Å². The number of benzene rings is 1. The molecule has 0 unspecified atom stereocenters. The summed E-state index contributed by atoms with van der Waals surface area (Å²) in [6.45, 7) is 0.721. The molecule has 146 valence electrons. The van der Waals surface area contributed by atoms with E-state index in [1.54, 1.807) is 17.2 Å². The molecule has 1 aromatic carbocycles. The highest BCUT2D eigenvalue weighted by molar-refractivity contribution is 7.98. The highest BCUT2D eigenvalue weighted by atomic mass is 35.5. The highest BCUT2D eigenvalue weighted by Gasteiger charge is 2.22. The number of rotatable bonds is 7. The molecule has 3 aromatic rings. The number of furan rings is 1. The Hall–Kier alpha value is -2.51. The fourth-order valence-corrected chi connectivity index (χ4v) is 3.17. The first kappa shape index (κ1) is 20.2. The van der Waals surface area contributed by atoms with Crippen molar-refractivity contribution in [3.63, 3.8) is 0 Å². The average Bonchev–Trinajstić information content (AvgIpc) is 3.21. The Morgan fingerprint density at radius 2 is 1.93 bits per heavy atom. The van der Waals surface area contributed by atoms with Crippen molar-refractivity contribution in [2.24, 2.45) is 0 Å². The lowest BCUT2D eigenvalue weighted by Crippen LogP contribution is -2.31. The third-order valence-corrected chi connectivity index (χ3v) is 4.99. The van der Waals surface area contributed by atoms with Gasteiger partial charge in [-0.2, -0.15) is 0 Å². The van der Waals surface area contributed by atoms with E-state index >= 15 is 0 Å². The number of anilines is 1. The van der Waals surface area contributed by atoms with Crippen LogP contribution in [0.5, 0.6) is 0 Å². The number of halogens is 1. The zero-order chi connectivity index (χ0) is 20.1. The molecule has 0 N–H and O–H groups in total. The lowest BCUT2D eigenvalue weighted by atomic mass is 10.1. The third kappa shape index (κ3) is 4.85. The molecule has 0 aliphatic rings. The van der Waals surface area contributed by atoms with Gasteiger partial charge in [-0.3, -0.25) is 4.79 Å². The fourth-order valence-electron chi connectivity index (χ4n) is 2.66. The Balaban J connectivity index is 1.89. The first-order valence-electron chi connectivity index (χ1n) is 8.62. The Kier molecular flexibility index (Phi) is 6.59. The first-order valence-corrected chi connectivity index (χ1v) is 10.2. The molecular weight excluding hydrogens is 396 g/mol. The molecule has 0 aliphatic carbocycles. The summed E-state index contributed by atoms with van der Waals surface area (Å²) >= 11 is 7.58. The molecule has 0 fully saturated rings. The van der Waals surface area contributed by atoms with Crippen LogP contribution in [0.15, 0.2) is 58.4 Å². The Morgan fingerprint density at radius 1 is 1.18 bits per heavy atom. The van der Waals surface area contributed by atoms with Gasteiger partial charge in [0, 0.05) is 26.3 Å². The summed E-state index contributed by atoms with van der Waals surface area (Å²) < 4.78 is 5.44. The average molecular weight is 417 g/mol. The van der Waals surface area contributed by atoms with E-state index in [0.717, 1.165) is 11.3 Å². The maximum absolute atomic E-state index is 13.2. The van der Waals surface area contributed by atoms with E-state index in [4.69, 9.17) is 16.0 Å². The summed E-state index contributed by atoms with van der Waals surface area (Å²) in [7, 11) is 3.98. The number of hydrogen-bond acceptors (Lipinski definition) is 6. The summed E-state index contributed by atoms with van der Waals surface area (Å²) in [5, 5.41) is 0.733. The highest BCUT2D eigenvalue weighted by Crippen LogP contribution is 2.21. The van der Waals surface area contributed by atoms with Crippen LogP contribution in [0.2, 0.25) is 5.02 Å². The monoisotopic (exact) mass is 416 g/mol. The van der Waals surface area contributed by atoms with Crippen molar-refractivity contribution in [2.75, 3.05) is 25.3 Å². The summed E-state index contributed by atoms with van der Waals surface area (Å²) in [5.74, 6) is 0.421. The van der Waals surface area contributed by atoms with Gasteiger partial charge in [0.15, 0.2) is 10.9 Å². The molecule has 6 nitrogen and oxygen atoms in total. The van der Waals surface area contributed by atoms with Crippen LogP contribution >= 0.6 is 23.4 Å². The van der Waals surface area contributed by atoms with Gasteiger partial charge in [-0.25, -0.2) is 9.97 Å². The molecule has 3 rings (SSSR count). The summed E-state index contributed by atoms with van der Waals surface area (Å²) in [6, 6.07) is 11.7. The van der Waals surface area contributed by atoms with Crippen molar-refractivity contribution < 1.29 is 9.21 Å². The molecule has 8 heteroatoms. The molecule has 0 saturated carbocycles. The van der Waals surface area contributed by atoms with Gasteiger partial charge < -0.3 is 14.2 Å². The van der Waals surface area contributed by atoms with Gasteiger partial charge >= 0.3 is 0 Å². The van der Waals surface area contributed by atoms with Gasteiger partial charge in [0.1, 0.15) is 5.76 Å². The van der Waals surface area contributed by atoms with Crippen molar-refractivity contribution in [1.82, 2.24) is 14.9 Å². The molecular formula is C20H21ClN4O2S. The number of carbonyl (C=O) groups is 1. The smallest absolute Gasteiger partial charge is 0.274 e. The third-order valence-electron chi connectivity index (χ3n) is 4.15. The van der Waals surface area contributed by atoms with Crippen LogP contribution in [0.1, 0.15) is 21.8 Å². The number of nitrogens with zero attached hydrogens (tertiary/aromatic N) is 4. The normalized spacial score (nSPS) is 10.7. The molecule has 2 heterocycles. The maximum Gasteiger partial charge on any atom is 0.274 e. The summed E-state index contributed by atoms with van der Waals surface area (Å²) in [4.78, 5) is 25.4. The lowest BCUT2D eigenvalue weighted by Gasteiger charge is -2.22. The predicted octanol–water partition coefficient (Wildman–Crippen LogP) is 4.35. The molecule has 0 bridgehead atoms. The van der Waals surface area contributed by atoms with Gasteiger partial charge in [-0.05, 0) is 36.1 Å². The van der Waals surface area contributed by atoms with E-state index in [-0.39, 0.29) is 16.6 Å². The van der Waals surface area contributed by atoms with Crippen LogP contribution in [0.25, 0.3) is 0 Å². The molecule has 0 radical (unpaired) electrons. The standard InChI is InChI=1S/C20H21ClN4O2S/c1-24(2)15-8-6-14(7-9-15)12-25(13-16-5-4-10-27-16)19(26)18-17(21)11-22-20(23-18)28-3/h4-11H,12-13H2,1-3H3. The summed E-state index contributed by atoms with van der Waals surface area (Å²) in [5.41, 5.74) is 2.29. The number of thioether (sulfide) groups is 1. The topological polar surface area (TPSA) is 62.5 Å². The first-order chi connectivity index (χ1) is 13.5. The van der Waals surface area contributed by atoms with E-state index in [1.807, 2.05) is 55.6 Å². The minimum Gasteiger partial charge on any atom is -0.467 e. The Labute approximate surface area is 173 Å². The number of aromatic nitrogens is 2. The van der Waals surface area contributed by atoms with E-state index in [9.17, 15) is 4.79 Å². The van der Waals surface area contributed by atoms with Crippen molar-refractivity contribution in [2.45, 2.75) is 18.2 Å². The van der Waals surface area contributed by atoms with Crippen LogP contribution in [-0.4, -0.2) is 41.1 Å². The van der Waals surface area contributed by atoms with Crippen molar-refractivity contribution >= 4 is 35.0 Å². The summed E-state index contributed by atoms with van der Waals surface area (Å²) in [6.07, 6.45) is 4.91. The lowest BCUT2D eigenvalue weighted by molar-refractivity contribution is 0.0710. The molecule has 0 atom stereocenters. The van der Waals surface area contributed by atoms with Crippen LogP contribution in [0.3, 0.4) is 0 Å². The maximum atomic E-state index is 13.2. The van der Waals surface area contributed by atoms with Crippen molar-refractivity contribution in [3.05, 3.63) is 70.9 Å². The molecule has 1 amide bonds. The number of amides is 1. The minimum absolute atomic E-state index is 0.192. The zero-order valence-electron chi connectivity index (χ0n) is 15.9. The molecule has 28 heavy (non-hydrogen) atoms. The van der Waals surface area contributed by atoms with Gasteiger partial charge in [0.25, 0.3) is 5.91 Å². The minimum atomic E-state index is -0.268. The SMILES string of the molecule is CSc1ncc(Cl)c(C(=O)N(Cc2ccc(N(C)C)cc2)Cc2ccco2)n1.